The molecule has 0 N–H and O–H groups in total. The van der Waals surface area contributed by atoms with E-state index in [2.05, 4.69) is 24.5 Å². The summed E-state index contributed by atoms with van der Waals surface area (Å²) in [4.78, 5) is 2.19. The third-order valence-corrected chi connectivity index (χ3v) is 2.99. The van der Waals surface area contributed by atoms with Crippen molar-refractivity contribution in [2.45, 2.75) is 6.92 Å². The van der Waals surface area contributed by atoms with E-state index >= 15 is 0 Å². The maximum Gasteiger partial charge on any atom is 0.188 e. The standard InChI is InChI=1S/C16H19NO2/c1-4-17-13(2)6-5-7-16(17)14-8-10-15(11-9-14)19-12-18-3/h5-11H,2,4,12H2,1,3H3. The van der Waals surface area contributed by atoms with Crippen molar-refractivity contribution in [3.05, 3.63) is 60.3 Å². The molecule has 0 aromatic heterocycles. The van der Waals surface area contributed by atoms with Gasteiger partial charge in [-0.2, -0.15) is 0 Å². The third kappa shape index (κ3) is 3.06. The first-order valence-corrected chi connectivity index (χ1v) is 6.33. The Morgan fingerprint density at radius 3 is 2.58 bits per heavy atom. The van der Waals surface area contributed by atoms with Crippen molar-refractivity contribution in [1.82, 2.24) is 4.90 Å². The van der Waals surface area contributed by atoms with E-state index in [4.69, 9.17) is 9.47 Å². The van der Waals surface area contributed by atoms with Crippen LogP contribution in [0.2, 0.25) is 0 Å². The first-order valence-electron chi connectivity index (χ1n) is 6.33. The number of nitrogens with zero attached hydrogens (tertiary/aromatic N) is 1. The molecule has 0 spiro atoms. The number of allylic oxidation sites excluding steroid dienone is 3. The molecule has 1 aliphatic rings. The zero-order valence-electron chi connectivity index (χ0n) is 11.4. The number of ether oxygens (including phenoxy) is 2. The van der Waals surface area contributed by atoms with Crippen LogP contribution < -0.4 is 4.74 Å². The van der Waals surface area contributed by atoms with E-state index in [9.17, 15) is 0 Å². The monoisotopic (exact) mass is 257 g/mol. The fourth-order valence-electron chi connectivity index (χ4n) is 2.06. The molecule has 0 radical (unpaired) electrons. The van der Waals surface area contributed by atoms with E-state index in [1.165, 1.54) is 0 Å². The lowest BCUT2D eigenvalue weighted by molar-refractivity contribution is 0.0511. The average molecular weight is 257 g/mol. The third-order valence-electron chi connectivity index (χ3n) is 2.99. The Balaban J connectivity index is 2.19. The Kier molecular flexibility index (Phi) is 4.42. The van der Waals surface area contributed by atoms with Gasteiger partial charge in [0.2, 0.25) is 0 Å². The van der Waals surface area contributed by atoms with Gasteiger partial charge in [-0.1, -0.05) is 12.7 Å². The summed E-state index contributed by atoms with van der Waals surface area (Å²) in [6, 6.07) is 7.99. The molecule has 1 aliphatic heterocycles. The van der Waals surface area contributed by atoms with Gasteiger partial charge in [0.25, 0.3) is 0 Å². The van der Waals surface area contributed by atoms with Crippen LogP contribution in [-0.4, -0.2) is 25.3 Å². The molecule has 0 unspecified atom stereocenters. The predicted molar refractivity (Wildman–Crippen MR) is 77.6 cm³/mol. The van der Waals surface area contributed by atoms with Crippen LogP contribution in [0.1, 0.15) is 12.5 Å². The highest BCUT2D eigenvalue weighted by Gasteiger charge is 2.13. The zero-order valence-corrected chi connectivity index (χ0v) is 11.4. The Labute approximate surface area is 114 Å². The predicted octanol–water partition coefficient (Wildman–Crippen LogP) is 3.42. The van der Waals surface area contributed by atoms with Crippen molar-refractivity contribution < 1.29 is 9.47 Å². The summed E-state index contributed by atoms with van der Waals surface area (Å²) < 4.78 is 10.3. The number of hydrogen-bond acceptors (Lipinski definition) is 3. The summed E-state index contributed by atoms with van der Waals surface area (Å²) in [7, 11) is 1.61. The van der Waals surface area contributed by atoms with Crippen LogP contribution in [0.5, 0.6) is 5.75 Å². The van der Waals surface area contributed by atoms with Gasteiger partial charge in [0.05, 0.1) is 0 Å². The van der Waals surface area contributed by atoms with Gasteiger partial charge >= 0.3 is 0 Å². The van der Waals surface area contributed by atoms with Gasteiger partial charge in [-0.05, 0) is 48.9 Å². The first kappa shape index (κ1) is 13.4. The van der Waals surface area contributed by atoms with Gasteiger partial charge in [0.15, 0.2) is 6.79 Å². The van der Waals surface area contributed by atoms with Crippen LogP contribution in [0, 0.1) is 0 Å². The lowest BCUT2D eigenvalue weighted by atomic mass is 10.1. The minimum atomic E-state index is 0.267. The van der Waals surface area contributed by atoms with Crippen molar-refractivity contribution in [1.29, 1.82) is 0 Å². The summed E-state index contributed by atoms with van der Waals surface area (Å²) in [6.45, 7) is 7.34. The minimum absolute atomic E-state index is 0.267. The highest BCUT2D eigenvalue weighted by Crippen LogP contribution is 2.27. The van der Waals surface area contributed by atoms with Crippen LogP contribution in [-0.2, 0) is 4.74 Å². The topological polar surface area (TPSA) is 21.7 Å². The molecule has 3 heteroatoms. The van der Waals surface area contributed by atoms with Crippen molar-refractivity contribution >= 4 is 5.70 Å². The fraction of sp³-hybridized carbons (Fsp3) is 0.250. The van der Waals surface area contributed by atoms with Gasteiger partial charge in [0, 0.05) is 25.0 Å². The number of likely N-dealkylation sites (N-methyl/N-ethyl adjacent to an activating group) is 1. The Morgan fingerprint density at radius 1 is 1.21 bits per heavy atom. The molecule has 0 bridgehead atoms. The number of hydrogen-bond donors (Lipinski definition) is 0. The molecule has 1 aromatic rings. The van der Waals surface area contributed by atoms with Crippen molar-refractivity contribution in [3.63, 3.8) is 0 Å². The van der Waals surface area contributed by atoms with Gasteiger partial charge in [-0.15, -0.1) is 0 Å². The maximum absolute atomic E-state index is 5.38. The molecule has 0 saturated heterocycles. The van der Waals surface area contributed by atoms with E-state index < -0.39 is 0 Å². The highest BCUT2D eigenvalue weighted by molar-refractivity contribution is 5.69. The molecule has 100 valence electrons. The van der Waals surface area contributed by atoms with Crippen molar-refractivity contribution in [2.24, 2.45) is 0 Å². The average Bonchev–Trinajstić information content (AvgIpc) is 2.45. The highest BCUT2D eigenvalue weighted by atomic mass is 16.7. The molecular weight excluding hydrogens is 238 g/mol. The second-order valence-electron chi connectivity index (χ2n) is 4.22. The minimum Gasteiger partial charge on any atom is -0.468 e. The van der Waals surface area contributed by atoms with Crippen LogP contribution in [0.4, 0.5) is 0 Å². The molecule has 0 fully saturated rings. The lowest BCUT2D eigenvalue weighted by Crippen LogP contribution is -2.21. The summed E-state index contributed by atoms with van der Waals surface area (Å²) in [5.41, 5.74) is 3.32. The quantitative estimate of drug-likeness (QED) is 0.754. The first-order chi connectivity index (χ1) is 9.26. The molecule has 0 atom stereocenters. The number of benzene rings is 1. The molecule has 0 aliphatic carbocycles. The SMILES string of the molecule is C=C1C=CC=C(c2ccc(OCOC)cc2)N1CC. The lowest BCUT2D eigenvalue weighted by Gasteiger charge is -2.28. The van der Waals surface area contributed by atoms with Crippen LogP contribution in [0.3, 0.4) is 0 Å². The Morgan fingerprint density at radius 2 is 1.95 bits per heavy atom. The van der Waals surface area contributed by atoms with E-state index in [-0.39, 0.29) is 6.79 Å². The number of methoxy groups -OCH3 is 1. The summed E-state index contributed by atoms with van der Waals surface area (Å²) in [5, 5.41) is 0. The van der Waals surface area contributed by atoms with E-state index in [1.54, 1.807) is 7.11 Å². The van der Waals surface area contributed by atoms with Crippen LogP contribution in [0.15, 0.2) is 54.8 Å². The van der Waals surface area contributed by atoms with Crippen molar-refractivity contribution in [3.8, 4) is 5.75 Å². The van der Waals surface area contributed by atoms with Crippen molar-refractivity contribution in [2.75, 3.05) is 20.4 Å². The molecule has 3 nitrogen and oxygen atoms in total. The van der Waals surface area contributed by atoms with Gasteiger partial charge in [-0.25, -0.2) is 0 Å². The summed E-state index contributed by atoms with van der Waals surface area (Å²) in [5.74, 6) is 0.805. The second-order valence-corrected chi connectivity index (χ2v) is 4.22. The van der Waals surface area contributed by atoms with E-state index in [1.807, 2.05) is 36.4 Å². The van der Waals surface area contributed by atoms with Crippen LogP contribution in [0.25, 0.3) is 5.70 Å². The maximum atomic E-state index is 5.38. The Bertz CT molecular complexity index is 500. The summed E-state index contributed by atoms with van der Waals surface area (Å²) in [6.07, 6.45) is 6.14. The van der Waals surface area contributed by atoms with Gasteiger partial charge < -0.3 is 14.4 Å². The Hall–Kier alpha value is -2.00. The van der Waals surface area contributed by atoms with Crippen LogP contribution >= 0.6 is 0 Å². The molecule has 1 heterocycles. The molecular formula is C16H19NO2. The number of rotatable bonds is 5. The molecule has 2 rings (SSSR count). The van der Waals surface area contributed by atoms with E-state index in [0.717, 1.165) is 29.3 Å². The molecule has 0 saturated carbocycles. The smallest absolute Gasteiger partial charge is 0.188 e. The summed E-state index contributed by atoms with van der Waals surface area (Å²) >= 11 is 0. The second kappa shape index (κ2) is 6.25. The molecule has 1 aromatic carbocycles. The fourth-order valence-corrected chi connectivity index (χ4v) is 2.06. The van der Waals surface area contributed by atoms with Gasteiger partial charge in [-0.3, -0.25) is 0 Å². The van der Waals surface area contributed by atoms with E-state index in [0.29, 0.717) is 0 Å². The normalized spacial score (nSPS) is 14.5. The van der Waals surface area contributed by atoms with Gasteiger partial charge in [0.1, 0.15) is 5.75 Å². The zero-order chi connectivity index (χ0) is 13.7. The molecule has 19 heavy (non-hydrogen) atoms. The largest absolute Gasteiger partial charge is 0.468 e. The molecule has 0 amide bonds.